The normalized spacial score (nSPS) is 11.9. The summed E-state index contributed by atoms with van der Waals surface area (Å²) in [5.41, 5.74) is 7.61. The van der Waals surface area contributed by atoms with Gasteiger partial charge in [0.1, 0.15) is 0 Å². The third kappa shape index (κ3) is 5.38. The van der Waals surface area contributed by atoms with E-state index < -0.39 is 11.9 Å². The molecule has 2 amide bonds. The Hall–Kier alpha value is -3.72. The van der Waals surface area contributed by atoms with Gasteiger partial charge in [0.25, 0.3) is 11.8 Å². The van der Waals surface area contributed by atoms with Crippen molar-refractivity contribution in [1.29, 1.82) is 0 Å². The van der Waals surface area contributed by atoms with E-state index in [1.54, 1.807) is 38.4 Å². The molecule has 0 aliphatic heterocycles. The number of imidazole rings is 1. The second-order valence-corrected chi connectivity index (χ2v) is 8.30. The Morgan fingerprint density at radius 3 is 2.52 bits per heavy atom. The van der Waals surface area contributed by atoms with E-state index in [0.29, 0.717) is 35.6 Å². The fraction of sp³-hybridized carbons (Fsp3) is 0.333. The highest BCUT2D eigenvalue weighted by atomic mass is 16.4. The number of nitrogens with zero attached hydrogens (tertiary/aromatic N) is 3. The number of nitrogens with two attached hydrogens (primary N) is 1. The van der Waals surface area contributed by atoms with E-state index in [4.69, 9.17) is 5.73 Å². The number of anilines is 1. The summed E-state index contributed by atoms with van der Waals surface area (Å²) in [5, 5.41) is 12.0. The fourth-order valence-electron chi connectivity index (χ4n) is 3.71. The highest BCUT2D eigenvalue weighted by molar-refractivity contribution is 6.08. The van der Waals surface area contributed by atoms with Gasteiger partial charge in [-0.3, -0.25) is 14.9 Å². The van der Waals surface area contributed by atoms with Gasteiger partial charge in [-0.1, -0.05) is 19.1 Å². The quantitative estimate of drug-likeness (QED) is 0.458. The summed E-state index contributed by atoms with van der Waals surface area (Å²) in [6.07, 6.45) is 1.75. The van der Waals surface area contributed by atoms with Crippen molar-refractivity contribution in [1.82, 2.24) is 14.5 Å². The number of benzene rings is 2. The molecule has 4 N–H and O–H groups in total. The number of rotatable bonds is 9. The molecule has 0 saturated carbocycles. The van der Waals surface area contributed by atoms with Gasteiger partial charge in [0.15, 0.2) is 0 Å². The number of hydrogen-bond donors (Lipinski definition) is 3. The number of carboxylic acids is 1. The van der Waals surface area contributed by atoms with Crippen LogP contribution in [0, 0.1) is 5.92 Å². The van der Waals surface area contributed by atoms with E-state index in [9.17, 15) is 19.5 Å². The molecule has 0 aliphatic carbocycles. The van der Waals surface area contributed by atoms with Gasteiger partial charge in [-0.25, -0.2) is 9.78 Å². The van der Waals surface area contributed by atoms with Crippen LogP contribution in [0.4, 0.5) is 5.95 Å². The Bertz CT molecular complexity index is 1180. The van der Waals surface area contributed by atoms with E-state index in [2.05, 4.69) is 17.2 Å². The largest absolute Gasteiger partial charge is 0.478 e. The van der Waals surface area contributed by atoms with Crippen LogP contribution in [0.2, 0.25) is 0 Å². The molecule has 1 heterocycles. The van der Waals surface area contributed by atoms with Gasteiger partial charge in [0, 0.05) is 26.2 Å². The first kappa shape index (κ1) is 23.9. The highest BCUT2D eigenvalue weighted by Gasteiger charge is 2.22. The SMILES string of the molecule is CC(CCCN)Cn1c(NC(=O)c2cccc(C(=O)O)c2)nc2cccc(C(=O)N(C)C)c21. The molecular weight excluding hydrogens is 422 g/mol. The van der Waals surface area contributed by atoms with Crippen LogP contribution in [0.25, 0.3) is 11.0 Å². The average molecular weight is 452 g/mol. The van der Waals surface area contributed by atoms with E-state index in [1.807, 2.05) is 4.57 Å². The summed E-state index contributed by atoms with van der Waals surface area (Å²) in [6, 6.07) is 11.1. The van der Waals surface area contributed by atoms with Crippen molar-refractivity contribution in [2.45, 2.75) is 26.3 Å². The molecule has 2 aromatic carbocycles. The van der Waals surface area contributed by atoms with Gasteiger partial charge >= 0.3 is 5.97 Å². The molecule has 1 unspecified atom stereocenters. The van der Waals surface area contributed by atoms with Gasteiger partial charge in [-0.05, 0) is 55.6 Å². The Morgan fingerprint density at radius 2 is 1.85 bits per heavy atom. The van der Waals surface area contributed by atoms with E-state index in [1.165, 1.54) is 23.1 Å². The van der Waals surface area contributed by atoms with Crippen LogP contribution in [0.5, 0.6) is 0 Å². The molecule has 174 valence electrons. The van der Waals surface area contributed by atoms with Gasteiger partial charge in [0.05, 0.1) is 22.2 Å². The number of aromatic carboxylic acids is 1. The molecule has 0 bridgehead atoms. The van der Waals surface area contributed by atoms with Crippen molar-refractivity contribution in [2.75, 3.05) is 26.0 Å². The number of aromatic nitrogens is 2. The fourth-order valence-corrected chi connectivity index (χ4v) is 3.71. The van der Waals surface area contributed by atoms with Gasteiger partial charge in [0.2, 0.25) is 5.95 Å². The van der Waals surface area contributed by atoms with Crippen LogP contribution < -0.4 is 11.1 Å². The summed E-state index contributed by atoms with van der Waals surface area (Å²) in [4.78, 5) is 43.2. The number of fused-ring (bicyclic) bond motifs is 1. The zero-order valence-electron chi connectivity index (χ0n) is 19.0. The number of carbonyl (C=O) groups excluding carboxylic acids is 2. The van der Waals surface area contributed by atoms with E-state index >= 15 is 0 Å². The van der Waals surface area contributed by atoms with Crippen molar-refractivity contribution in [3.05, 3.63) is 59.2 Å². The summed E-state index contributed by atoms with van der Waals surface area (Å²) in [6.45, 7) is 3.20. The minimum absolute atomic E-state index is 0.0189. The summed E-state index contributed by atoms with van der Waals surface area (Å²) in [5.74, 6) is -1.24. The van der Waals surface area contributed by atoms with Gasteiger partial charge in [-0.15, -0.1) is 0 Å². The second-order valence-electron chi connectivity index (χ2n) is 8.30. The number of carbonyl (C=O) groups is 3. The molecule has 0 fully saturated rings. The lowest BCUT2D eigenvalue weighted by Gasteiger charge is -2.18. The smallest absolute Gasteiger partial charge is 0.335 e. The van der Waals surface area contributed by atoms with Crippen molar-refractivity contribution >= 4 is 34.8 Å². The molecule has 9 nitrogen and oxygen atoms in total. The van der Waals surface area contributed by atoms with Crippen LogP contribution in [0.1, 0.15) is 50.8 Å². The van der Waals surface area contributed by atoms with Gasteiger partial charge < -0.3 is 20.3 Å². The molecule has 3 rings (SSSR count). The average Bonchev–Trinajstić information content (AvgIpc) is 3.13. The molecule has 9 heteroatoms. The third-order valence-electron chi connectivity index (χ3n) is 5.40. The Balaban J connectivity index is 2.06. The van der Waals surface area contributed by atoms with Crippen LogP contribution >= 0.6 is 0 Å². The molecule has 3 aromatic rings. The van der Waals surface area contributed by atoms with Crippen molar-refractivity contribution < 1.29 is 19.5 Å². The first-order chi connectivity index (χ1) is 15.7. The lowest BCUT2D eigenvalue weighted by molar-refractivity contribution is 0.0696. The monoisotopic (exact) mass is 451 g/mol. The standard InChI is InChI=1S/C24H29N5O4/c1-15(7-6-12-25)14-29-20-18(22(31)28(2)3)10-5-11-19(20)26-24(29)27-21(30)16-8-4-9-17(13-16)23(32)33/h4-5,8-11,13,15H,6-7,12,14,25H2,1-3H3,(H,32,33)(H,26,27,30). The van der Waals surface area contributed by atoms with E-state index in [0.717, 1.165) is 12.8 Å². The minimum Gasteiger partial charge on any atom is -0.478 e. The molecule has 0 radical (unpaired) electrons. The lowest BCUT2D eigenvalue weighted by Crippen LogP contribution is -2.23. The number of para-hydroxylation sites is 1. The number of hydrogen-bond acceptors (Lipinski definition) is 5. The topological polar surface area (TPSA) is 131 Å². The Morgan fingerprint density at radius 1 is 1.15 bits per heavy atom. The lowest BCUT2D eigenvalue weighted by atomic mass is 10.1. The molecule has 1 aromatic heterocycles. The van der Waals surface area contributed by atoms with Crippen LogP contribution in [-0.2, 0) is 6.54 Å². The van der Waals surface area contributed by atoms with Crippen LogP contribution in [0.15, 0.2) is 42.5 Å². The molecule has 0 spiro atoms. The maximum Gasteiger partial charge on any atom is 0.335 e. The maximum atomic E-state index is 13.0. The zero-order valence-corrected chi connectivity index (χ0v) is 19.0. The molecule has 1 atom stereocenters. The number of carboxylic acid groups (broad SMARTS) is 1. The molecular formula is C24H29N5O4. The first-order valence-corrected chi connectivity index (χ1v) is 10.8. The maximum absolute atomic E-state index is 13.0. The Labute approximate surface area is 192 Å². The van der Waals surface area contributed by atoms with E-state index in [-0.39, 0.29) is 23.0 Å². The summed E-state index contributed by atoms with van der Waals surface area (Å²) < 4.78 is 1.85. The molecule has 33 heavy (non-hydrogen) atoms. The van der Waals surface area contributed by atoms with Gasteiger partial charge in [-0.2, -0.15) is 0 Å². The second kappa shape index (κ2) is 10.3. The van der Waals surface area contributed by atoms with Crippen LogP contribution in [0.3, 0.4) is 0 Å². The minimum atomic E-state index is -1.11. The Kier molecular flexibility index (Phi) is 7.44. The van der Waals surface area contributed by atoms with Crippen molar-refractivity contribution in [3.8, 4) is 0 Å². The van der Waals surface area contributed by atoms with Crippen molar-refractivity contribution in [3.63, 3.8) is 0 Å². The molecule has 0 saturated heterocycles. The summed E-state index contributed by atoms with van der Waals surface area (Å²) >= 11 is 0. The predicted molar refractivity (Wildman–Crippen MR) is 127 cm³/mol. The number of nitrogens with one attached hydrogen (secondary N) is 1. The predicted octanol–water partition coefficient (Wildman–Crippen LogP) is 3.06. The summed E-state index contributed by atoms with van der Waals surface area (Å²) in [7, 11) is 3.37. The zero-order chi connectivity index (χ0) is 24.1. The highest BCUT2D eigenvalue weighted by Crippen LogP contribution is 2.27. The number of amides is 2. The third-order valence-corrected chi connectivity index (χ3v) is 5.40. The van der Waals surface area contributed by atoms with Crippen molar-refractivity contribution in [2.24, 2.45) is 11.7 Å². The van der Waals surface area contributed by atoms with Crippen LogP contribution in [-0.4, -0.2) is 58.0 Å². The first-order valence-electron chi connectivity index (χ1n) is 10.8. The molecule has 0 aliphatic rings.